The van der Waals surface area contributed by atoms with Crippen molar-refractivity contribution in [1.29, 1.82) is 0 Å². The van der Waals surface area contributed by atoms with Crippen LogP contribution in [0, 0.1) is 5.92 Å². The summed E-state index contributed by atoms with van der Waals surface area (Å²) < 4.78 is 6.67. The predicted molar refractivity (Wildman–Crippen MR) is 68.8 cm³/mol. The van der Waals surface area contributed by atoms with Gasteiger partial charge in [0.05, 0.1) is 10.6 Å². The van der Waals surface area contributed by atoms with Crippen molar-refractivity contribution in [2.45, 2.75) is 37.8 Å². The van der Waals surface area contributed by atoms with Gasteiger partial charge in [-0.2, -0.15) is 0 Å². The van der Waals surface area contributed by atoms with Gasteiger partial charge < -0.3 is 10.1 Å². The first-order chi connectivity index (χ1) is 8.33. The van der Waals surface area contributed by atoms with E-state index in [1.807, 2.05) is 0 Å². The van der Waals surface area contributed by atoms with Crippen LogP contribution >= 0.6 is 15.9 Å². The average molecular weight is 298 g/mol. The smallest absolute Gasteiger partial charge is 0.222 e. The second kappa shape index (κ2) is 4.90. The van der Waals surface area contributed by atoms with E-state index in [4.69, 9.17) is 4.74 Å². The number of ether oxygens (including phenoxy) is 1. The van der Waals surface area contributed by atoms with Gasteiger partial charge in [0.2, 0.25) is 5.95 Å². The summed E-state index contributed by atoms with van der Waals surface area (Å²) in [6.07, 6.45) is 8.82. The second-order valence-corrected chi connectivity index (χ2v) is 5.68. The summed E-state index contributed by atoms with van der Waals surface area (Å²) in [6, 6.07) is 0.470. The maximum Gasteiger partial charge on any atom is 0.222 e. The zero-order chi connectivity index (χ0) is 11.7. The van der Waals surface area contributed by atoms with Gasteiger partial charge in [0.1, 0.15) is 0 Å². The van der Waals surface area contributed by atoms with Crippen molar-refractivity contribution >= 4 is 21.9 Å². The molecule has 2 heterocycles. The minimum atomic E-state index is 0.455. The first kappa shape index (κ1) is 11.4. The number of nitrogens with zero attached hydrogens (tertiary/aromatic N) is 2. The molecular formula is C12H16BrN3O. The van der Waals surface area contributed by atoms with E-state index < -0.39 is 0 Å². The van der Waals surface area contributed by atoms with E-state index in [1.165, 1.54) is 25.7 Å². The molecule has 0 unspecified atom stereocenters. The van der Waals surface area contributed by atoms with E-state index in [0.717, 1.165) is 17.0 Å². The van der Waals surface area contributed by atoms with E-state index in [2.05, 4.69) is 31.2 Å². The predicted octanol–water partition coefficient (Wildman–Crippen LogP) is 2.61. The van der Waals surface area contributed by atoms with Crippen molar-refractivity contribution in [2.24, 2.45) is 5.92 Å². The fourth-order valence-corrected chi connectivity index (χ4v) is 3.11. The Labute approximate surface area is 109 Å². The summed E-state index contributed by atoms with van der Waals surface area (Å²) in [7, 11) is 0. The van der Waals surface area contributed by atoms with Gasteiger partial charge >= 0.3 is 0 Å². The molecule has 0 bridgehead atoms. The van der Waals surface area contributed by atoms with Crippen LogP contribution in [0.25, 0.3) is 0 Å². The van der Waals surface area contributed by atoms with E-state index in [9.17, 15) is 0 Å². The van der Waals surface area contributed by atoms with Crippen molar-refractivity contribution < 1.29 is 4.74 Å². The van der Waals surface area contributed by atoms with Gasteiger partial charge in [-0.1, -0.05) is 0 Å². The maximum absolute atomic E-state index is 5.76. The lowest BCUT2D eigenvalue weighted by Gasteiger charge is -2.33. The van der Waals surface area contributed by atoms with Gasteiger partial charge in [0.15, 0.2) is 0 Å². The lowest BCUT2D eigenvalue weighted by Crippen LogP contribution is -2.38. The molecule has 1 aliphatic heterocycles. The Morgan fingerprint density at radius 2 is 2.06 bits per heavy atom. The van der Waals surface area contributed by atoms with Gasteiger partial charge in [-0.05, 0) is 41.6 Å². The minimum absolute atomic E-state index is 0.455. The highest BCUT2D eigenvalue weighted by Crippen LogP contribution is 2.35. The van der Waals surface area contributed by atoms with Crippen LogP contribution < -0.4 is 5.32 Å². The molecule has 3 atom stereocenters. The van der Waals surface area contributed by atoms with Gasteiger partial charge in [0.25, 0.3) is 0 Å². The zero-order valence-corrected chi connectivity index (χ0v) is 11.2. The molecule has 2 aliphatic rings. The first-order valence-electron chi connectivity index (χ1n) is 6.18. The van der Waals surface area contributed by atoms with Crippen molar-refractivity contribution in [3.05, 3.63) is 16.9 Å². The largest absolute Gasteiger partial charge is 0.378 e. The fourth-order valence-electron chi connectivity index (χ4n) is 2.91. The molecule has 2 fully saturated rings. The first-order valence-corrected chi connectivity index (χ1v) is 6.98. The number of rotatable bonds is 2. The number of aromatic nitrogens is 2. The number of anilines is 1. The number of fused-ring (bicyclic) bond motifs is 1. The molecule has 1 aliphatic carbocycles. The minimum Gasteiger partial charge on any atom is -0.378 e. The Bertz CT molecular complexity index is 384. The molecule has 0 amide bonds. The van der Waals surface area contributed by atoms with Crippen LogP contribution in [-0.2, 0) is 4.74 Å². The van der Waals surface area contributed by atoms with Crippen LogP contribution in [0.15, 0.2) is 16.9 Å². The van der Waals surface area contributed by atoms with Crippen LogP contribution in [-0.4, -0.2) is 28.7 Å². The Kier molecular flexibility index (Phi) is 3.29. The van der Waals surface area contributed by atoms with E-state index in [0.29, 0.717) is 18.1 Å². The van der Waals surface area contributed by atoms with E-state index >= 15 is 0 Å². The van der Waals surface area contributed by atoms with Gasteiger partial charge in [-0.25, -0.2) is 9.97 Å². The van der Waals surface area contributed by atoms with Gasteiger partial charge in [0, 0.05) is 31.0 Å². The molecule has 1 N–H and O–H groups in total. The summed E-state index contributed by atoms with van der Waals surface area (Å²) in [5, 5.41) is 3.46. The highest BCUT2D eigenvalue weighted by atomic mass is 79.9. The highest BCUT2D eigenvalue weighted by molar-refractivity contribution is 9.10. The SMILES string of the molecule is Brc1cnc(N[C@@H]2CCC[C@H]3OCC[C@@H]23)nc1. The van der Waals surface area contributed by atoms with Crippen molar-refractivity contribution in [3.63, 3.8) is 0 Å². The third-order valence-corrected chi connectivity index (χ3v) is 4.13. The molecule has 3 rings (SSSR count). The maximum atomic E-state index is 5.76. The molecule has 0 spiro atoms. The van der Waals surface area contributed by atoms with Crippen LogP contribution in [0.3, 0.4) is 0 Å². The molecule has 1 saturated heterocycles. The van der Waals surface area contributed by atoms with Gasteiger partial charge in [-0.15, -0.1) is 0 Å². The molecule has 17 heavy (non-hydrogen) atoms. The second-order valence-electron chi connectivity index (χ2n) is 4.77. The summed E-state index contributed by atoms with van der Waals surface area (Å²) in [5.41, 5.74) is 0. The molecule has 5 heteroatoms. The van der Waals surface area contributed by atoms with Crippen LogP contribution in [0.4, 0.5) is 5.95 Å². The molecule has 1 saturated carbocycles. The van der Waals surface area contributed by atoms with Crippen molar-refractivity contribution in [3.8, 4) is 0 Å². The normalized spacial score (nSPS) is 32.2. The molecule has 1 aromatic heterocycles. The van der Waals surface area contributed by atoms with Crippen molar-refractivity contribution in [2.75, 3.05) is 11.9 Å². The lowest BCUT2D eigenvalue weighted by molar-refractivity contribution is 0.0619. The lowest BCUT2D eigenvalue weighted by atomic mass is 9.82. The Hall–Kier alpha value is -0.680. The Morgan fingerprint density at radius 1 is 1.24 bits per heavy atom. The zero-order valence-electron chi connectivity index (χ0n) is 9.60. The number of nitrogens with one attached hydrogen (secondary N) is 1. The van der Waals surface area contributed by atoms with Crippen molar-refractivity contribution in [1.82, 2.24) is 9.97 Å². The average Bonchev–Trinajstić information content (AvgIpc) is 2.81. The summed E-state index contributed by atoms with van der Waals surface area (Å²) in [6.45, 7) is 0.911. The number of halogens is 1. The Morgan fingerprint density at radius 3 is 2.88 bits per heavy atom. The van der Waals surface area contributed by atoms with Gasteiger partial charge in [-0.3, -0.25) is 0 Å². The van der Waals surface area contributed by atoms with Crippen LogP contribution in [0.2, 0.25) is 0 Å². The molecule has 0 radical (unpaired) electrons. The monoisotopic (exact) mass is 297 g/mol. The molecular weight excluding hydrogens is 282 g/mol. The third-order valence-electron chi connectivity index (χ3n) is 3.72. The summed E-state index contributed by atoms with van der Waals surface area (Å²) in [5.74, 6) is 1.36. The summed E-state index contributed by atoms with van der Waals surface area (Å²) >= 11 is 3.34. The summed E-state index contributed by atoms with van der Waals surface area (Å²) in [4.78, 5) is 8.55. The van der Waals surface area contributed by atoms with E-state index in [-0.39, 0.29) is 0 Å². The molecule has 0 aromatic carbocycles. The van der Waals surface area contributed by atoms with E-state index in [1.54, 1.807) is 12.4 Å². The van der Waals surface area contributed by atoms with Crippen LogP contribution in [0.1, 0.15) is 25.7 Å². The topological polar surface area (TPSA) is 47.0 Å². The molecule has 92 valence electrons. The fraction of sp³-hybridized carbons (Fsp3) is 0.667. The number of hydrogen-bond acceptors (Lipinski definition) is 4. The molecule has 1 aromatic rings. The standard InChI is InChI=1S/C12H16BrN3O/c13-8-6-14-12(15-7-8)16-10-2-1-3-11-9(10)4-5-17-11/h6-7,9-11H,1-5H2,(H,14,15,16)/t9-,10+,11+/m0/s1. The highest BCUT2D eigenvalue weighted by Gasteiger charge is 2.37. The van der Waals surface area contributed by atoms with Crippen LogP contribution in [0.5, 0.6) is 0 Å². The number of hydrogen-bond donors (Lipinski definition) is 1. The Balaban J connectivity index is 1.69. The third kappa shape index (κ3) is 2.45. The quantitative estimate of drug-likeness (QED) is 0.911. The molecule has 4 nitrogen and oxygen atoms in total.